The van der Waals surface area contributed by atoms with Crippen LogP contribution in [-0.2, 0) is 24.8 Å². The molecule has 0 spiro atoms. The summed E-state index contributed by atoms with van der Waals surface area (Å²) in [5, 5.41) is 0. The summed E-state index contributed by atoms with van der Waals surface area (Å²) in [7, 11) is -6.70. The molecule has 1 aliphatic heterocycles. The van der Waals surface area contributed by atoms with E-state index in [1.54, 1.807) is 31.2 Å². The summed E-state index contributed by atoms with van der Waals surface area (Å²) in [5.74, 6) is -0.924. The predicted molar refractivity (Wildman–Crippen MR) is 113 cm³/mol. The molecule has 1 fully saturated rings. The number of amides is 1. The van der Waals surface area contributed by atoms with Crippen LogP contribution in [0.4, 0.5) is 5.69 Å². The Morgan fingerprint density at radius 2 is 1.77 bits per heavy atom. The molecule has 0 aromatic heterocycles. The third-order valence-corrected chi connectivity index (χ3v) is 8.47. The number of benzene rings is 2. The van der Waals surface area contributed by atoms with Gasteiger partial charge in [0.2, 0.25) is 26.0 Å². The fraction of sp³-hybridized carbons (Fsp3) is 0.350. The molecule has 8 nitrogen and oxygen atoms in total. The van der Waals surface area contributed by atoms with E-state index in [1.807, 2.05) is 6.07 Å². The molecule has 30 heavy (non-hydrogen) atoms. The number of hydrogen-bond donors (Lipinski definition) is 1. The summed E-state index contributed by atoms with van der Waals surface area (Å²) in [4.78, 5) is 12.4. The Morgan fingerprint density at radius 1 is 1.13 bits per heavy atom. The van der Waals surface area contributed by atoms with Crippen LogP contribution in [0.3, 0.4) is 0 Å². The van der Waals surface area contributed by atoms with Gasteiger partial charge in [-0.15, -0.1) is 0 Å². The average molecular weight is 453 g/mol. The van der Waals surface area contributed by atoms with Crippen molar-refractivity contribution < 1.29 is 26.4 Å². The fourth-order valence-corrected chi connectivity index (χ4v) is 6.89. The van der Waals surface area contributed by atoms with Crippen molar-refractivity contribution in [3.05, 3.63) is 54.1 Å². The van der Waals surface area contributed by atoms with E-state index in [2.05, 4.69) is 4.72 Å². The first kappa shape index (κ1) is 22.3. The third-order valence-electron chi connectivity index (χ3n) is 4.89. The molecule has 1 atom stereocenters. The Labute approximate surface area is 177 Å². The van der Waals surface area contributed by atoms with Crippen molar-refractivity contribution in [2.75, 3.05) is 17.2 Å². The van der Waals surface area contributed by atoms with Crippen LogP contribution in [0.5, 0.6) is 5.75 Å². The van der Waals surface area contributed by atoms with Crippen LogP contribution in [0, 0.1) is 5.41 Å². The Bertz CT molecular complexity index is 1180. The first-order valence-electron chi connectivity index (χ1n) is 9.22. The summed E-state index contributed by atoms with van der Waals surface area (Å²) in [6.07, 6.45) is 0. The number of carbonyl (C=O) groups excluding carboxylic acids is 1. The second-order valence-electron chi connectivity index (χ2n) is 7.80. The van der Waals surface area contributed by atoms with E-state index in [-0.39, 0.29) is 22.1 Å². The highest BCUT2D eigenvalue weighted by atomic mass is 32.2. The molecule has 1 unspecified atom stereocenters. The minimum atomic E-state index is -4.09. The molecule has 1 N–H and O–H groups in total. The number of methoxy groups -OCH3 is 1. The van der Waals surface area contributed by atoms with Crippen LogP contribution in [0.25, 0.3) is 0 Å². The first-order chi connectivity index (χ1) is 13.9. The van der Waals surface area contributed by atoms with Gasteiger partial charge in [-0.3, -0.25) is 4.79 Å². The third kappa shape index (κ3) is 4.07. The minimum Gasteiger partial charge on any atom is -0.495 e. The van der Waals surface area contributed by atoms with Gasteiger partial charge in [-0.2, -0.15) is 0 Å². The second-order valence-corrected chi connectivity index (χ2v) is 11.3. The molecule has 1 saturated heterocycles. The monoisotopic (exact) mass is 452 g/mol. The lowest BCUT2D eigenvalue weighted by atomic mass is 9.95. The minimum absolute atomic E-state index is 0.0369. The number of anilines is 1. The zero-order valence-electron chi connectivity index (χ0n) is 17.1. The largest absolute Gasteiger partial charge is 0.495 e. The Morgan fingerprint density at radius 3 is 2.30 bits per heavy atom. The van der Waals surface area contributed by atoms with Gasteiger partial charge in [0.25, 0.3) is 0 Å². The van der Waals surface area contributed by atoms with Gasteiger partial charge in [-0.1, -0.05) is 30.3 Å². The molecule has 0 radical (unpaired) electrons. The maximum atomic E-state index is 13.1. The van der Waals surface area contributed by atoms with Gasteiger partial charge < -0.3 is 4.74 Å². The molecular formula is C20H24N2O6S2. The molecule has 10 heteroatoms. The zero-order chi connectivity index (χ0) is 22.3. The number of rotatable bonds is 6. The number of ether oxygens (including phenoxy) is 1. The number of nitrogens with one attached hydrogen (secondary N) is 1. The van der Waals surface area contributed by atoms with Gasteiger partial charge in [0.05, 0.1) is 24.0 Å². The second kappa shape index (κ2) is 7.68. The topological polar surface area (TPSA) is 110 Å². The van der Waals surface area contributed by atoms with Gasteiger partial charge in [-0.25, -0.2) is 25.9 Å². The molecule has 2 aromatic carbocycles. The van der Waals surface area contributed by atoms with E-state index in [4.69, 9.17) is 4.74 Å². The normalized spacial score (nSPS) is 18.9. The Balaban J connectivity index is 2.04. The average Bonchev–Trinajstić information content (AvgIpc) is 2.84. The smallest absolute Gasteiger partial charge is 0.247 e. The molecule has 162 valence electrons. The molecule has 1 aliphatic rings. The predicted octanol–water partition coefficient (Wildman–Crippen LogP) is 2.44. The lowest BCUT2D eigenvalue weighted by Crippen LogP contribution is -2.33. The maximum Gasteiger partial charge on any atom is 0.247 e. The van der Waals surface area contributed by atoms with Crippen LogP contribution < -0.4 is 13.8 Å². The van der Waals surface area contributed by atoms with Crippen LogP contribution in [0.15, 0.2) is 53.4 Å². The summed E-state index contributed by atoms with van der Waals surface area (Å²) in [6, 6.07) is 12.3. The van der Waals surface area contributed by atoms with Gasteiger partial charge in [-0.05, 0) is 44.5 Å². The molecule has 0 bridgehead atoms. The zero-order valence-corrected chi connectivity index (χ0v) is 18.7. The highest BCUT2D eigenvalue weighted by molar-refractivity contribution is 7.94. The maximum absolute atomic E-state index is 13.1. The molecule has 0 saturated carbocycles. The number of nitrogens with zero attached hydrogens (tertiary/aromatic N) is 1. The lowest BCUT2D eigenvalue weighted by molar-refractivity contribution is -0.123. The summed E-state index contributed by atoms with van der Waals surface area (Å²) in [5.41, 5.74) is -0.382. The van der Waals surface area contributed by atoms with Crippen molar-refractivity contribution >= 4 is 31.6 Å². The fourth-order valence-electron chi connectivity index (χ4n) is 3.37. The van der Waals surface area contributed by atoms with Crippen molar-refractivity contribution in [2.45, 2.75) is 31.7 Å². The molecule has 0 aliphatic carbocycles. The van der Waals surface area contributed by atoms with Crippen molar-refractivity contribution in [3.8, 4) is 5.75 Å². The van der Waals surface area contributed by atoms with Crippen molar-refractivity contribution in [3.63, 3.8) is 0 Å². The highest BCUT2D eigenvalue weighted by Gasteiger charge is 2.50. The summed E-state index contributed by atoms with van der Waals surface area (Å²) < 4.78 is 59.8. The lowest BCUT2D eigenvalue weighted by Gasteiger charge is -2.20. The molecule has 3 rings (SSSR count). The van der Waals surface area contributed by atoms with Crippen molar-refractivity contribution in [1.82, 2.24) is 4.72 Å². The van der Waals surface area contributed by atoms with Crippen LogP contribution in [0.2, 0.25) is 0 Å². The quantitative estimate of drug-likeness (QED) is 0.721. The van der Waals surface area contributed by atoms with Crippen LogP contribution >= 0.6 is 0 Å². The van der Waals surface area contributed by atoms with Gasteiger partial charge in [0.1, 0.15) is 10.6 Å². The van der Waals surface area contributed by atoms with E-state index in [9.17, 15) is 21.6 Å². The van der Waals surface area contributed by atoms with E-state index >= 15 is 0 Å². The number of hydrogen-bond acceptors (Lipinski definition) is 6. The van der Waals surface area contributed by atoms with Crippen LogP contribution in [-0.4, -0.2) is 35.6 Å². The molecule has 1 amide bonds. The van der Waals surface area contributed by atoms with Crippen LogP contribution in [0.1, 0.15) is 32.4 Å². The first-order valence-corrected chi connectivity index (χ1v) is 12.3. The molecule has 1 heterocycles. The number of carbonyl (C=O) groups is 1. The van der Waals surface area contributed by atoms with Crippen molar-refractivity contribution in [2.24, 2.45) is 5.41 Å². The Kier molecular flexibility index (Phi) is 5.70. The van der Waals surface area contributed by atoms with E-state index in [0.717, 1.165) is 11.6 Å². The standard InChI is InChI=1S/C20H24N2O6S2/c1-14(15-8-6-5-7-9-15)21-30(26,27)18-12-16(10-11-17(18)28-4)22-19(23)20(2,3)13-29(22,24)25/h5-12,14,21H,13H2,1-4H3. The van der Waals surface area contributed by atoms with Gasteiger partial charge >= 0.3 is 0 Å². The number of sulfonamides is 2. The van der Waals surface area contributed by atoms with Gasteiger partial charge in [0, 0.05) is 6.04 Å². The molecule has 2 aromatic rings. The van der Waals surface area contributed by atoms with Crippen molar-refractivity contribution in [1.29, 1.82) is 0 Å². The van der Waals surface area contributed by atoms with E-state index in [1.165, 1.54) is 33.1 Å². The van der Waals surface area contributed by atoms with E-state index in [0.29, 0.717) is 4.31 Å². The Hall–Kier alpha value is -2.43. The summed E-state index contributed by atoms with van der Waals surface area (Å²) in [6.45, 7) is 4.77. The highest BCUT2D eigenvalue weighted by Crippen LogP contribution is 2.38. The van der Waals surface area contributed by atoms with E-state index < -0.39 is 37.4 Å². The SMILES string of the molecule is COc1ccc(N2C(=O)C(C)(C)CS2(=O)=O)cc1S(=O)(=O)NC(C)c1ccccc1. The molecular weight excluding hydrogens is 428 g/mol. The summed E-state index contributed by atoms with van der Waals surface area (Å²) >= 11 is 0. The van der Waals surface area contributed by atoms with Gasteiger partial charge in [0.15, 0.2) is 0 Å².